The minimum absolute atomic E-state index is 0.128. The summed E-state index contributed by atoms with van der Waals surface area (Å²) in [6, 6.07) is 6.71. The molecule has 104 valence electrons. The normalized spacial score (nSPS) is 12.8. The Morgan fingerprint density at radius 2 is 2.14 bits per heavy atom. The number of benzene rings is 1. The van der Waals surface area contributed by atoms with Crippen LogP contribution in [0.15, 0.2) is 36.7 Å². The summed E-state index contributed by atoms with van der Waals surface area (Å²) < 4.78 is 11.9. The van der Waals surface area contributed by atoms with Gasteiger partial charge in [-0.05, 0) is 29.2 Å². The maximum Gasteiger partial charge on any atom is 0.357 e. The third-order valence-electron chi connectivity index (χ3n) is 3.20. The zero-order chi connectivity index (χ0) is 14.4. The monoisotopic (exact) mass is 284 g/mol. The van der Waals surface area contributed by atoms with Gasteiger partial charge in [0.1, 0.15) is 6.20 Å². The molecule has 0 amide bonds. The maximum atomic E-state index is 11.4. The lowest BCUT2D eigenvalue weighted by molar-refractivity contribution is -0.389. The smallest absolute Gasteiger partial charge is 0.357 e. The Morgan fingerprint density at radius 3 is 3.00 bits per heavy atom. The quantitative estimate of drug-likeness (QED) is 0.528. The molecule has 0 radical (unpaired) electrons. The summed E-state index contributed by atoms with van der Waals surface area (Å²) in [5.41, 5.74) is 0.827. The van der Waals surface area contributed by atoms with E-state index in [0.717, 1.165) is 0 Å². The van der Waals surface area contributed by atoms with E-state index in [2.05, 4.69) is 9.97 Å². The van der Waals surface area contributed by atoms with Crippen LogP contribution in [0.2, 0.25) is 0 Å². The second-order valence-electron chi connectivity index (χ2n) is 4.40. The fourth-order valence-corrected chi connectivity index (χ4v) is 2.29. The fraction of sp³-hybridized carbons (Fsp3) is 0.0769. The number of nitro groups is 1. The first-order valence-electron chi connectivity index (χ1n) is 6.11. The molecule has 0 unspecified atom stereocenters. The predicted octanol–water partition coefficient (Wildman–Crippen LogP) is 2.03. The number of imidazole rings is 1. The molecule has 1 aromatic carbocycles. The van der Waals surface area contributed by atoms with Gasteiger partial charge in [0.25, 0.3) is 0 Å². The van der Waals surface area contributed by atoms with E-state index in [1.807, 2.05) is 0 Å². The van der Waals surface area contributed by atoms with Crippen LogP contribution in [-0.2, 0) is 0 Å². The van der Waals surface area contributed by atoms with Gasteiger partial charge in [-0.2, -0.15) is 14.4 Å². The van der Waals surface area contributed by atoms with E-state index < -0.39 is 4.92 Å². The van der Waals surface area contributed by atoms with E-state index in [0.29, 0.717) is 17.1 Å². The van der Waals surface area contributed by atoms with Gasteiger partial charge in [0.05, 0.1) is 0 Å². The highest BCUT2D eigenvalue weighted by molar-refractivity contribution is 5.73. The Kier molecular flexibility index (Phi) is 2.31. The number of ether oxygens (including phenoxy) is 2. The minimum atomic E-state index is -0.471. The highest BCUT2D eigenvalue weighted by Crippen LogP contribution is 2.38. The average Bonchev–Trinajstić information content (AvgIpc) is 3.10. The van der Waals surface area contributed by atoms with Gasteiger partial charge in [-0.15, -0.1) is 0 Å². The summed E-state index contributed by atoms with van der Waals surface area (Å²) in [5, 5.41) is 11.4. The van der Waals surface area contributed by atoms with Crippen molar-refractivity contribution < 1.29 is 14.4 Å². The standard InChI is InChI=1S/C13H8N4O4/c18-17(19)12-11(15-13-14-4-1-5-16(12)13)8-2-3-9-10(6-8)21-7-20-9/h1-6H,7H2. The van der Waals surface area contributed by atoms with Crippen molar-refractivity contribution in [2.45, 2.75) is 0 Å². The lowest BCUT2D eigenvalue weighted by Crippen LogP contribution is -1.96. The van der Waals surface area contributed by atoms with Crippen LogP contribution in [0.5, 0.6) is 11.5 Å². The number of aromatic nitrogens is 3. The van der Waals surface area contributed by atoms with Gasteiger partial charge >= 0.3 is 11.6 Å². The Balaban J connectivity index is 1.97. The first-order valence-corrected chi connectivity index (χ1v) is 6.11. The molecule has 0 aliphatic carbocycles. The van der Waals surface area contributed by atoms with Gasteiger partial charge < -0.3 is 19.6 Å². The number of hydrogen-bond acceptors (Lipinski definition) is 6. The van der Waals surface area contributed by atoms with Crippen LogP contribution in [0.25, 0.3) is 17.0 Å². The van der Waals surface area contributed by atoms with Crippen molar-refractivity contribution in [2.24, 2.45) is 0 Å². The summed E-state index contributed by atoms with van der Waals surface area (Å²) in [5.74, 6) is 1.31. The summed E-state index contributed by atoms with van der Waals surface area (Å²) in [4.78, 5) is 19.2. The summed E-state index contributed by atoms with van der Waals surface area (Å²) >= 11 is 0. The van der Waals surface area contributed by atoms with Gasteiger partial charge in [-0.3, -0.25) is 0 Å². The Hall–Kier alpha value is -3.16. The fourth-order valence-electron chi connectivity index (χ4n) is 2.29. The van der Waals surface area contributed by atoms with Crippen molar-refractivity contribution in [1.29, 1.82) is 0 Å². The summed E-state index contributed by atoms with van der Waals surface area (Å²) in [7, 11) is 0. The van der Waals surface area contributed by atoms with Crippen LogP contribution in [0.3, 0.4) is 0 Å². The van der Waals surface area contributed by atoms with Crippen LogP contribution >= 0.6 is 0 Å². The lowest BCUT2D eigenvalue weighted by atomic mass is 10.1. The highest BCUT2D eigenvalue weighted by atomic mass is 16.7. The molecule has 1 aliphatic rings. The summed E-state index contributed by atoms with van der Waals surface area (Å²) in [6.07, 6.45) is 3.10. The summed E-state index contributed by atoms with van der Waals surface area (Å²) in [6.45, 7) is 0.146. The molecule has 0 saturated carbocycles. The molecule has 0 N–H and O–H groups in total. The van der Waals surface area contributed by atoms with Crippen LogP contribution < -0.4 is 9.47 Å². The number of rotatable bonds is 2. The van der Waals surface area contributed by atoms with Crippen molar-refractivity contribution >= 4 is 11.6 Å². The zero-order valence-corrected chi connectivity index (χ0v) is 10.6. The van der Waals surface area contributed by atoms with E-state index in [-0.39, 0.29) is 24.1 Å². The van der Waals surface area contributed by atoms with Gasteiger partial charge in [0.2, 0.25) is 6.79 Å². The number of fused-ring (bicyclic) bond motifs is 2. The molecule has 8 nitrogen and oxygen atoms in total. The number of nitrogens with zero attached hydrogens (tertiary/aromatic N) is 4. The molecule has 3 aromatic rings. The third-order valence-corrected chi connectivity index (χ3v) is 3.20. The second-order valence-corrected chi connectivity index (χ2v) is 4.40. The predicted molar refractivity (Wildman–Crippen MR) is 71.2 cm³/mol. The molecule has 4 rings (SSSR count). The van der Waals surface area contributed by atoms with Crippen LogP contribution in [0, 0.1) is 10.1 Å². The van der Waals surface area contributed by atoms with Gasteiger partial charge in [0, 0.05) is 11.8 Å². The topological polar surface area (TPSA) is 91.8 Å². The third kappa shape index (κ3) is 1.69. The molecular weight excluding hydrogens is 276 g/mol. The molecule has 2 aromatic heterocycles. The van der Waals surface area contributed by atoms with Crippen molar-refractivity contribution in [2.75, 3.05) is 6.79 Å². The van der Waals surface area contributed by atoms with Crippen molar-refractivity contribution in [1.82, 2.24) is 14.4 Å². The molecule has 8 heteroatoms. The van der Waals surface area contributed by atoms with E-state index in [4.69, 9.17) is 9.47 Å². The molecular formula is C13H8N4O4. The highest BCUT2D eigenvalue weighted by Gasteiger charge is 2.26. The SMILES string of the molecule is O=[N+]([O-])c1c(-c2ccc3c(c2)OCO3)nc2ncccn12. The first-order chi connectivity index (χ1) is 10.2. The molecule has 0 bridgehead atoms. The van der Waals surface area contributed by atoms with Gasteiger partial charge in [-0.25, -0.2) is 0 Å². The second kappa shape index (κ2) is 4.17. The van der Waals surface area contributed by atoms with Crippen molar-refractivity contribution in [3.63, 3.8) is 0 Å². The zero-order valence-electron chi connectivity index (χ0n) is 10.6. The van der Waals surface area contributed by atoms with Crippen LogP contribution in [0.1, 0.15) is 0 Å². The lowest BCUT2D eigenvalue weighted by Gasteiger charge is -2.00. The first kappa shape index (κ1) is 11.6. The van der Waals surface area contributed by atoms with E-state index >= 15 is 0 Å². The van der Waals surface area contributed by atoms with Crippen molar-refractivity contribution in [3.05, 3.63) is 46.8 Å². The van der Waals surface area contributed by atoms with Gasteiger partial charge in [-0.1, -0.05) is 0 Å². The molecule has 1 aliphatic heterocycles. The minimum Gasteiger partial charge on any atom is -0.454 e. The Labute approximate surface area is 117 Å². The molecule has 0 saturated heterocycles. The number of hydrogen-bond donors (Lipinski definition) is 0. The van der Waals surface area contributed by atoms with E-state index in [1.165, 1.54) is 10.6 Å². The maximum absolute atomic E-state index is 11.4. The van der Waals surface area contributed by atoms with Crippen LogP contribution in [-0.4, -0.2) is 26.1 Å². The average molecular weight is 284 g/mol. The van der Waals surface area contributed by atoms with E-state index in [1.54, 1.807) is 30.5 Å². The molecule has 21 heavy (non-hydrogen) atoms. The largest absolute Gasteiger partial charge is 0.454 e. The molecule has 0 atom stereocenters. The Bertz CT molecular complexity index is 874. The molecule has 0 fully saturated rings. The van der Waals surface area contributed by atoms with Crippen molar-refractivity contribution in [3.8, 4) is 22.8 Å². The van der Waals surface area contributed by atoms with E-state index in [9.17, 15) is 10.1 Å². The molecule has 0 spiro atoms. The van der Waals surface area contributed by atoms with Crippen LogP contribution in [0.4, 0.5) is 5.82 Å². The molecule has 3 heterocycles. The van der Waals surface area contributed by atoms with Gasteiger partial charge in [0.15, 0.2) is 17.2 Å². The Morgan fingerprint density at radius 1 is 1.29 bits per heavy atom.